The first-order valence-electron chi connectivity index (χ1n) is 12.4. The average molecular weight is 535 g/mol. The molecule has 0 unspecified atom stereocenters. The number of rotatable bonds is 5. The van der Waals surface area contributed by atoms with Crippen LogP contribution >= 0.6 is 11.8 Å². The second-order valence-corrected chi connectivity index (χ2v) is 11.2. The molecule has 0 saturated carbocycles. The zero-order chi connectivity index (χ0) is 27.4. The normalized spacial score (nSPS) is 17.2. The van der Waals surface area contributed by atoms with Crippen LogP contribution in [0.25, 0.3) is 5.70 Å². The minimum absolute atomic E-state index is 0.00272. The van der Waals surface area contributed by atoms with E-state index in [0.29, 0.717) is 49.1 Å². The fraction of sp³-hybridized carbons (Fsp3) is 0.345. The Morgan fingerprint density at radius 2 is 1.71 bits per heavy atom. The van der Waals surface area contributed by atoms with Gasteiger partial charge in [-0.1, -0.05) is 44.7 Å². The summed E-state index contributed by atoms with van der Waals surface area (Å²) in [6.45, 7) is 7.63. The van der Waals surface area contributed by atoms with E-state index in [0.717, 1.165) is 11.3 Å². The van der Waals surface area contributed by atoms with Gasteiger partial charge in [-0.15, -0.1) is 0 Å². The van der Waals surface area contributed by atoms with Crippen LogP contribution in [0, 0.1) is 22.6 Å². The van der Waals surface area contributed by atoms with Crippen molar-refractivity contribution in [3.63, 3.8) is 0 Å². The van der Waals surface area contributed by atoms with Gasteiger partial charge in [0.25, 0.3) is 5.91 Å². The van der Waals surface area contributed by atoms with E-state index in [1.54, 1.807) is 33.9 Å². The molecule has 1 fully saturated rings. The highest BCUT2D eigenvalue weighted by molar-refractivity contribution is 8.06. The van der Waals surface area contributed by atoms with Gasteiger partial charge in [0, 0.05) is 49.3 Å². The molecule has 0 spiro atoms. The molecule has 0 bridgehead atoms. The van der Waals surface area contributed by atoms with Crippen LogP contribution in [-0.4, -0.2) is 54.9 Å². The molecule has 4 rings (SSSR count). The molecule has 38 heavy (non-hydrogen) atoms. The number of nitrogens with zero attached hydrogens (tertiary/aromatic N) is 4. The van der Waals surface area contributed by atoms with Gasteiger partial charge >= 0.3 is 0 Å². The van der Waals surface area contributed by atoms with Gasteiger partial charge in [-0.05, 0) is 41.8 Å². The van der Waals surface area contributed by atoms with Crippen molar-refractivity contribution in [1.82, 2.24) is 9.80 Å². The summed E-state index contributed by atoms with van der Waals surface area (Å²) in [5, 5.41) is 12.5. The Balaban J connectivity index is 1.62. The molecule has 2 heterocycles. The minimum atomic E-state index is -0.384. The lowest BCUT2D eigenvalue weighted by Gasteiger charge is -2.36. The highest BCUT2D eigenvalue weighted by Crippen LogP contribution is 2.45. The fourth-order valence-corrected chi connectivity index (χ4v) is 5.42. The number of amides is 2. The third kappa shape index (κ3) is 6.03. The second kappa shape index (κ2) is 11.3. The van der Waals surface area contributed by atoms with Crippen molar-refractivity contribution in [3.05, 3.63) is 75.9 Å². The Hall–Kier alpha value is -3.77. The third-order valence-electron chi connectivity index (χ3n) is 6.32. The molecule has 0 aliphatic carbocycles. The van der Waals surface area contributed by atoms with E-state index in [2.05, 4.69) is 6.07 Å². The van der Waals surface area contributed by atoms with Crippen molar-refractivity contribution < 1.29 is 18.7 Å². The summed E-state index contributed by atoms with van der Waals surface area (Å²) in [5.74, 6) is -0.0244. The summed E-state index contributed by atoms with van der Waals surface area (Å²) in [4.78, 5) is 31.4. The van der Waals surface area contributed by atoms with Gasteiger partial charge in [0.15, 0.2) is 0 Å². The number of benzene rings is 2. The zero-order valence-electron chi connectivity index (χ0n) is 22.0. The van der Waals surface area contributed by atoms with E-state index in [1.807, 2.05) is 50.4 Å². The highest BCUT2D eigenvalue weighted by atomic mass is 32.2. The smallest absolute Gasteiger partial charge is 0.267 e. The number of hydrogen-bond donors (Lipinski definition) is 0. The van der Waals surface area contributed by atoms with Crippen LogP contribution in [0.3, 0.4) is 0 Å². The van der Waals surface area contributed by atoms with Crippen molar-refractivity contribution in [2.45, 2.75) is 27.2 Å². The molecule has 1 saturated heterocycles. The van der Waals surface area contributed by atoms with Gasteiger partial charge < -0.3 is 19.4 Å². The van der Waals surface area contributed by atoms with Crippen LogP contribution in [0.1, 0.15) is 32.8 Å². The lowest BCUT2D eigenvalue weighted by molar-refractivity contribution is -0.138. The van der Waals surface area contributed by atoms with Crippen LogP contribution in [0.5, 0.6) is 5.75 Å². The van der Waals surface area contributed by atoms with E-state index in [4.69, 9.17) is 4.74 Å². The van der Waals surface area contributed by atoms with Crippen molar-refractivity contribution in [2.75, 3.05) is 38.2 Å². The lowest BCUT2D eigenvalue weighted by Crippen LogP contribution is -2.51. The standard InChI is InChI=1S/C29H31FN4O3S/c1-29(2,3)17-26(35)32-12-14-33(15-13-32)27(36)24(18-31)28-34(22-10-8-21(30)9-11-22)25(19-38-28)20-6-5-7-23(16-20)37-4/h5-11,16,19H,12-15,17H2,1-4H3. The molecule has 0 aromatic heterocycles. The molecule has 198 valence electrons. The zero-order valence-corrected chi connectivity index (χ0v) is 22.8. The molecular weight excluding hydrogens is 503 g/mol. The van der Waals surface area contributed by atoms with E-state index in [9.17, 15) is 19.2 Å². The van der Waals surface area contributed by atoms with Crippen LogP contribution in [0.2, 0.25) is 0 Å². The van der Waals surface area contributed by atoms with E-state index in [1.165, 1.54) is 23.9 Å². The first kappa shape index (κ1) is 27.3. The van der Waals surface area contributed by atoms with Gasteiger partial charge in [-0.2, -0.15) is 5.26 Å². The molecule has 2 aromatic carbocycles. The highest BCUT2D eigenvalue weighted by Gasteiger charge is 2.34. The molecule has 0 radical (unpaired) electrons. The molecule has 2 aliphatic heterocycles. The summed E-state index contributed by atoms with van der Waals surface area (Å²) >= 11 is 1.28. The number of hydrogen-bond acceptors (Lipinski definition) is 6. The van der Waals surface area contributed by atoms with Gasteiger partial charge in [-0.25, -0.2) is 4.39 Å². The Labute approximate surface area is 227 Å². The maximum atomic E-state index is 13.8. The Bertz CT molecular complexity index is 1320. The number of piperazine rings is 1. The van der Waals surface area contributed by atoms with Crippen LogP contribution in [0.4, 0.5) is 10.1 Å². The molecule has 9 heteroatoms. The Kier molecular flexibility index (Phi) is 8.12. The lowest BCUT2D eigenvalue weighted by atomic mass is 9.91. The minimum Gasteiger partial charge on any atom is -0.497 e. The van der Waals surface area contributed by atoms with Crippen molar-refractivity contribution in [2.24, 2.45) is 5.41 Å². The maximum absolute atomic E-state index is 13.8. The predicted octanol–water partition coefficient (Wildman–Crippen LogP) is 5.23. The predicted molar refractivity (Wildman–Crippen MR) is 147 cm³/mol. The first-order chi connectivity index (χ1) is 18.1. The number of ether oxygens (including phenoxy) is 1. The van der Waals surface area contributed by atoms with Gasteiger partial charge in [0.2, 0.25) is 5.91 Å². The van der Waals surface area contributed by atoms with E-state index < -0.39 is 0 Å². The summed E-state index contributed by atoms with van der Waals surface area (Å²) in [7, 11) is 1.59. The molecular formula is C29H31FN4O3S. The monoisotopic (exact) mass is 534 g/mol. The van der Waals surface area contributed by atoms with Crippen LogP contribution < -0.4 is 9.64 Å². The maximum Gasteiger partial charge on any atom is 0.267 e. The summed E-state index contributed by atoms with van der Waals surface area (Å²) in [6, 6.07) is 15.5. The fourth-order valence-electron chi connectivity index (χ4n) is 4.39. The third-order valence-corrected chi connectivity index (χ3v) is 7.27. The SMILES string of the molecule is COc1cccc(C2=CSC(=C(C#N)C(=O)N3CCN(C(=O)CC(C)(C)C)CC3)N2c2ccc(F)cc2)c1. The molecule has 2 aromatic rings. The van der Waals surface area contributed by atoms with Gasteiger partial charge in [-0.3, -0.25) is 9.59 Å². The number of methoxy groups -OCH3 is 1. The average Bonchev–Trinajstić information content (AvgIpc) is 3.33. The van der Waals surface area contributed by atoms with Crippen LogP contribution in [-0.2, 0) is 9.59 Å². The first-order valence-corrected chi connectivity index (χ1v) is 13.3. The summed E-state index contributed by atoms with van der Waals surface area (Å²) < 4.78 is 19.1. The molecule has 7 nitrogen and oxygen atoms in total. The van der Waals surface area contributed by atoms with Crippen molar-refractivity contribution in [1.29, 1.82) is 5.26 Å². The van der Waals surface area contributed by atoms with Gasteiger partial charge in [0.05, 0.1) is 12.8 Å². The van der Waals surface area contributed by atoms with Gasteiger partial charge in [0.1, 0.15) is 28.2 Å². The number of carbonyl (C=O) groups excluding carboxylic acids is 2. The topological polar surface area (TPSA) is 76.9 Å². The largest absolute Gasteiger partial charge is 0.497 e. The summed E-state index contributed by atoms with van der Waals surface area (Å²) in [5.41, 5.74) is 2.08. The van der Waals surface area contributed by atoms with Crippen molar-refractivity contribution >= 4 is 35.0 Å². The van der Waals surface area contributed by atoms with E-state index >= 15 is 0 Å². The molecule has 0 atom stereocenters. The molecule has 2 aliphatic rings. The Morgan fingerprint density at radius 3 is 2.32 bits per heavy atom. The number of nitriles is 1. The molecule has 2 amide bonds. The van der Waals surface area contributed by atoms with Crippen molar-refractivity contribution in [3.8, 4) is 11.8 Å². The number of halogens is 1. The second-order valence-electron chi connectivity index (χ2n) is 10.4. The summed E-state index contributed by atoms with van der Waals surface area (Å²) in [6.07, 6.45) is 0.441. The Morgan fingerprint density at radius 1 is 1.05 bits per heavy atom. The quantitative estimate of drug-likeness (QED) is 0.386. The number of thioether (sulfide) groups is 1. The number of carbonyl (C=O) groups is 2. The van der Waals surface area contributed by atoms with Crippen LogP contribution in [0.15, 0.2) is 64.5 Å². The molecule has 0 N–H and O–H groups in total. The number of anilines is 1. The van der Waals surface area contributed by atoms with E-state index in [-0.39, 0.29) is 28.6 Å².